The summed E-state index contributed by atoms with van der Waals surface area (Å²) in [5, 5.41) is 0.803. The first-order valence-electron chi connectivity index (χ1n) is 6.64. The SMILES string of the molecule is CCc1ccccc1C(N)c1cc(C)c(Cl)cc1C. The van der Waals surface area contributed by atoms with E-state index in [2.05, 4.69) is 38.1 Å². The normalized spacial score (nSPS) is 12.5. The molecule has 1 atom stereocenters. The minimum atomic E-state index is -0.0906. The lowest BCUT2D eigenvalue weighted by molar-refractivity contribution is 0.840. The summed E-state index contributed by atoms with van der Waals surface area (Å²) in [6.07, 6.45) is 0.996. The summed E-state index contributed by atoms with van der Waals surface area (Å²) >= 11 is 6.15. The van der Waals surface area contributed by atoms with Gasteiger partial charge in [-0.2, -0.15) is 0 Å². The molecule has 1 unspecified atom stereocenters. The van der Waals surface area contributed by atoms with E-state index < -0.39 is 0 Å². The number of aryl methyl sites for hydroxylation is 3. The van der Waals surface area contributed by atoms with E-state index in [1.807, 2.05) is 19.1 Å². The molecular weight excluding hydrogens is 254 g/mol. The van der Waals surface area contributed by atoms with E-state index in [-0.39, 0.29) is 6.04 Å². The molecule has 0 aliphatic rings. The molecule has 2 aromatic carbocycles. The monoisotopic (exact) mass is 273 g/mol. The molecule has 0 aromatic heterocycles. The third kappa shape index (κ3) is 2.83. The number of benzene rings is 2. The van der Waals surface area contributed by atoms with Gasteiger partial charge < -0.3 is 5.73 Å². The van der Waals surface area contributed by atoms with Crippen molar-refractivity contribution in [2.75, 3.05) is 0 Å². The van der Waals surface area contributed by atoms with Crippen molar-refractivity contribution in [3.63, 3.8) is 0 Å². The molecule has 0 saturated heterocycles. The highest BCUT2D eigenvalue weighted by Crippen LogP contribution is 2.29. The van der Waals surface area contributed by atoms with E-state index in [1.54, 1.807) is 0 Å². The van der Waals surface area contributed by atoms with Crippen molar-refractivity contribution in [2.24, 2.45) is 5.73 Å². The molecule has 0 saturated carbocycles. The maximum Gasteiger partial charge on any atom is 0.0557 e. The van der Waals surface area contributed by atoms with Gasteiger partial charge in [0.1, 0.15) is 0 Å². The van der Waals surface area contributed by atoms with Crippen LogP contribution in [0.2, 0.25) is 5.02 Å². The van der Waals surface area contributed by atoms with Gasteiger partial charge in [-0.15, -0.1) is 0 Å². The molecule has 2 N–H and O–H groups in total. The molecule has 0 bridgehead atoms. The highest BCUT2D eigenvalue weighted by atomic mass is 35.5. The predicted octanol–water partition coefficient (Wildman–Crippen LogP) is 4.57. The summed E-state index contributed by atoms with van der Waals surface area (Å²) in [4.78, 5) is 0. The van der Waals surface area contributed by atoms with Crippen molar-refractivity contribution in [3.8, 4) is 0 Å². The number of rotatable bonds is 3. The molecule has 100 valence electrons. The fourth-order valence-electron chi connectivity index (χ4n) is 2.47. The Morgan fingerprint density at radius 2 is 1.74 bits per heavy atom. The molecule has 19 heavy (non-hydrogen) atoms. The lowest BCUT2D eigenvalue weighted by atomic mass is 9.91. The summed E-state index contributed by atoms with van der Waals surface area (Å²) < 4.78 is 0. The van der Waals surface area contributed by atoms with Crippen molar-refractivity contribution in [2.45, 2.75) is 33.2 Å². The molecule has 2 rings (SSSR count). The molecule has 0 aliphatic heterocycles. The zero-order chi connectivity index (χ0) is 14.0. The zero-order valence-corrected chi connectivity index (χ0v) is 12.5. The van der Waals surface area contributed by atoms with Gasteiger partial charge in [0, 0.05) is 5.02 Å². The lowest BCUT2D eigenvalue weighted by Gasteiger charge is -2.19. The third-order valence-corrected chi connectivity index (χ3v) is 4.06. The zero-order valence-electron chi connectivity index (χ0n) is 11.7. The minimum Gasteiger partial charge on any atom is -0.320 e. The van der Waals surface area contributed by atoms with Gasteiger partial charge in [0.2, 0.25) is 0 Å². The molecule has 0 aliphatic carbocycles. The van der Waals surface area contributed by atoms with E-state index in [4.69, 9.17) is 17.3 Å². The van der Waals surface area contributed by atoms with Crippen LogP contribution in [-0.4, -0.2) is 0 Å². The Morgan fingerprint density at radius 3 is 2.42 bits per heavy atom. The van der Waals surface area contributed by atoms with E-state index in [0.717, 1.165) is 28.1 Å². The second-order valence-corrected chi connectivity index (χ2v) is 5.40. The van der Waals surface area contributed by atoms with Crippen LogP contribution >= 0.6 is 11.6 Å². The van der Waals surface area contributed by atoms with E-state index in [1.165, 1.54) is 11.1 Å². The van der Waals surface area contributed by atoms with Crippen LogP contribution in [0.25, 0.3) is 0 Å². The first-order valence-corrected chi connectivity index (χ1v) is 7.02. The Kier molecular flexibility index (Phi) is 4.28. The average molecular weight is 274 g/mol. The predicted molar refractivity (Wildman–Crippen MR) is 82.8 cm³/mol. The fourth-order valence-corrected chi connectivity index (χ4v) is 2.68. The van der Waals surface area contributed by atoms with Gasteiger partial charge in [-0.3, -0.25) is 0 Å². The lowest BCUT2D eigenvalue weighted by Crippen LogP contribution is -2.15. The van der Waals surface area contributed by atoms with Crippen LogP contribution in [0.15, 0.2) is 36.4 Å². The Morgan fingerprint density at radius 1 is 1.05 bits per heavy atom. The second-order valence-electron chi connectivity index (χ2n) is 4.99. The Balaban J connectivity index is 2.50. The number of hydrogen-bond donors (Lipinski definition) is 1. The molecule has 1 nitrogen and oxygen atoms in total. The summed E-state index contributed by atoms with van der Waals surface area (Å²) in [7, 11) is 0. The van der Waals surface area contributed by atoms with Gasteiger partial charge in [-0.1, -0.05) is 48.9 Å². The smallest absolute Gasteiger partial charge is 0.0557 e. The quantitative estimate of drug-likeness (QED) is 0.871. The maximum atomic E-state index is 6.47. The molecule has 2 heteroatoms. The molecule has 2 aromatic rings. The Labute approximate surface area is 120 Å². The standard InChI is InChI=1S/C17H20ClN/c1-4-13-7-5-6-8-14(13)17(19)15-9-12(3)16(18)10-11(15)2/h5-10,17H,4,19H2,1-3H3. The van der Waals surface area contributed by atoms with E-state index >= 15 is 0 Å². The molecule has 0 spiro atoms. The Bertz CT molecular complexity index is 590. The van der Waals surface area contributed by atoms with Gasteiger partial charge in [0.25, 0.3) is 0 Å². The van der Waals surface area contributed by atoms with Gasteiger partial charge >= 0.3 is 0 Å². The summed E-state index contributed by atoms with van der Waals surface area (Å²) in [5.41, 5.74) is 12.4. The summed E-state index contributed by atoms with van der Waals surface area (Å²) in [6, 6.07) is 12.4. The Hall–Kier alpha value is -1.31. The number of halogens is 1. The molecule has 0 amide bonds. The van der Waals surface area contributed by atoms with Crippen LogP contribution in [0.5, 0.6) is 0 Å². The van der Waals surface area contributed by atoms with Crippen LogP contribution < -0.4 is 5.73 Å². The minimum absolute atomic E-state index is 0.0906. The largest absolute Gasteiger partial charge is 0.320 e. The van der Waals surface area contributed by atoms with E-state index in [9.17, 15) is 0 Å². The van der Waals surface area contributed by atoms with Crippen LogP contribution in [0.1, 0.15) is 40.8 Å². The van der Waals surface area contributed by atoms with Crippen LogP contribution in [0.4, 0.5) is 0 Å². The first-order chi connectivity index (χ1) is 9.04. The molecule has 0 radical (unpaired) electrons. The van der Waals surface area contributed by atoms with Crippen molar-refractivity contribution < 1.29 is 0 Å². The van der Waals surface area contributed by atoms with Crippen LogP contribution in [0.3, 0.4) is 0 Å². The first kappa shape index (κ1) is 14.1. The van der Waals surface area contributed by atoms with Crippen molar-refractivity contribution in [1.82, 2.24) is 0 Å². The van der Waals surface area contributed by atoms with E-state index in [0.29, 0.717) is 0 Å². The molecule has 0 heterocycles. The topological polar surface area (TPSA) is 26.0 Å². The molecular formula is C17H20ClN. The number of hydrogen-bond acceptors (Lipinski definition) is 1. The fraction of sp³-hybridized carbons (Fsp3) is 0.294. The number of nitrogens with two attached hydrogens (primary N) is 1. The van der Waals surface area contributed by atoms with Gasteiger partial charge in [-0.25, -0.2) is 0 Å². The van der Waals surface area contributed by atoms with Crippen LogP contribution in [0, 0.1) is 13.8 Å². The summed E-state index contributed by atoms with van der Waals surface area (Å²) in [5.74, 6) is 0. The van der Waals surface area contributed by atoms with Gasteiger partial charge in [0.15, 0.2) is 0 Å². The van der Waals surface area contributed by atoms with Crippen molar-refractivity contribution in [1.29, 1.82) is 0 Å². The highest BCUT2D eigenvalue weighted by molar-refractivity contribution is 6.31. The van der Waals surface area contributed by atoms with Crippen molar-refractivity contribution >= 4 is 11.6 Å². The van der Waals surface area contributed by atoms with Gasteiger partial charge in [-0.05, 0) is 54.2 Å². The second kappa shape index (κ2) is 5.77. The highest BCUT2D eigenvalue weighted by Gasteiger charge is 2.15. The molecule has 0 fully saturated rings. The van der Waals surface area contributed by atoms with Crippen molar-refractivity contribution in [3.05, 3.63) is 69.2 Å². The summed E-state index contributed by atoms with van der Waals surface area (Å²) in [6.45, 7) is 6.24. The van der Waals surface area contributed by atoms with Gasteiger partial charge in [0.05, 0.1) is 6.04 Å². The average Bonchev–Trinajstić information content (AvgIpc) is 2.42. The third-order valence-electron chi connectivity index (χ3n) is 3.65. The van der Waals surface area contributed by atoms with Crippen LogP contribution in [-0.2, 0) is 6.42 Å². The maximum absolute atomic E-state index is 6.47.